The molecule has 0 aromatic carbocycles. The molecule has 2 heterocycles. The molecule has 5 nitrogen and oxygen atoms in total. The Labute approximate surface area is 81.4 Å². The lowest BCUT2D eigenvalue weighted by atomic mass is 10.1. The Morgan fingerprint density at radius 2 is 2.29 bits per heavy atom. The smallest absolute Gasteiger partial charge is 0.250 e. The van der Waals surface area contributed by atoms with Crippen LogP contribution in [0.5, 0.6) is 0 Å². The Morgan fingerprint density at radius 1 is 1.57 bits per heavy atom. The second-order valence-electron chi connectivity index (χ2n) is 3.73. The normalized spacial score (nSPS) is 32.1. The lowest BCUT2D eigenvalue weighted by molar-refractivity contribution is -0.126. The molecule has 2 unspecified atom stereocenters. The number of nitrogens with zero attached hydrogens (tertiary/aromatic N) is 1. The summed E-state index contributed by atoms with van der Waals surface area (Å²) < 4.78 is 0. The maximum Gasteiger partial charge on any atom is 0.250 e. The third-order valence-corrected chi connectivity index (χ3v) is 2.67. The van der Waals surface area contributed by atoms with Crippen LogP contribution in [0.2, 0.25) is 0 Å². The summed E-state index contributed by atoms with van der Waals surface area (Å²) in [7, 11) is 0. The van der Waals surface area contributed by atoms with E-state index in [0.29, 0.717) is 6.42 Å². The van der Waals surface area contributed by atoms with Gasteiger partial charge in [0.1, 0.15) is 5.76 Å². The quantitative estimate of drug-likeness (QED) is 0.596. The van der Waals surface area contributed by atoms with E-state index < -0.39 is 0 Å². The average molecular weight is 196 g/mol. The van der Waals surface area contributed by atoms with Crippen LogP contribution in [-0.2, 0) is 9.59 Å². The van der Waals surface area contributed by atoms with Crippen molar-refractivity contribution >= 4 is 11.8 Å². The van der Waals surface area contributed by atoms with Gasteiger partial charge in [-0.15, -0.1) is 0 Å². The van der Waals surface area contributed by atoms with Crippen LogP contribution in [0.15, 0.2) is 11.8 Å². The lowest BCUT2D eigenvalue weighted by Crippen LogP contribution is -2.43. The maximum absolute atomic E-state index is 11.4. The van der Waals surface area contributed by atoms with Crippen molar-refractivity contribution in [3.63, 3.8) is 0 Å². The van der Waals surface area contributed by atoms with E-state index in [1.165, 1.54) is 11.0 Å². The van der Waals surface area contributed by atoms with Gasteiger partial charge in [-0.3, -0.25) is 9.59 Å². The topological polar surface area (TPSA) is 69.6 Å². The first-order valence-electron chi connectivity index (χ1n) is 4.57. The second kappa shape index (κ2) is 3.01. The molecule has 2 atom stereocenters. The van der Waals surface area contributed by atoms with Gasteiger partial charge in [-0.25, -0.2) is 0 Å². The largest absolute Gasteiger partial charge is 0.510 e. The Balaban J connectivity index is 2.10. The van der Waals surface area contributed by atoms with Gasteiger partial charge < -0.3 is 15.3 Å². The van der Waals surface area contributed by atoms with Crippen molar-refractivity contribution in [2.45, 2.75) is 25.4 Å². The van der Waals surface area contributed by atoms with Crippen LogP contribution < -0.4 is 5.32 Å². The summed E-state index contributed by atoms with van der Waals surface area (Å²) >= 11 is 0. The van der Waals surface area contributed by atoms with Crippen molar-refractivity contribution in [2.24, 2.45) is 0 Å². The molecule has 0 bridgehead atoms. The molecule has 1 saturated heterocycles. The van der Waals surface area contributed by atoms with E-state index in [9.17, 15) is 14.7 Å². The minimum Gasteiger partial charge on any atom is -0.510 e. The number of hydrogen-bond acceptors (Lipinski definition) is 3. The number of carbonyl (C=O) groups excluding carboxylic acids is 2. The molecule has 2 aliphatic heterocycles. The highest BCUT2D eigenvalue weighted by Crippen LogP contribution is 2.20. The fraction of sp³-hybridized carbons (Fsp3) is 0.556. The molecule has 2 rings (SSSR count). The van der Waals surface area contributed by atoms with Crippen molar-refractivity contribution in [3.8, 4) is 0 Å². The van der Waals surface area contributed by atoms with Crippen LogP contribution in [0.25, 0.3) is 0 Å². The van der Waals surface area contributed by atoms with Gasteiger partial charge in [0.05, 0.1) is 12.6 Å². The zero-order valence-electron chi connectivity index (χ0n) is 7.86. The predicted molar refractivity (Wildman–Crippen MR) is 48.4 cm³/mol. The van der Waals surface area contributed by atoms with E-state index in [2.05, 4.69) is 5.32 Å². The molecule has 0 aromatic heterocycles. The highest BCUT2D eigenvalue weighted by atomic mass is 16.3. The molecule has 1 fully saturated rings. The molecular formula is C9H12N2O3. The van der Waals surface area contributed by atoms with Crippen LogP contribution >= 0.6 is 0 Å². The first-order valence-corrected chi connectivity index (χ1v) is 4.57. The van der Waals surface area contributed by atoms with Gasteiger partial charge in [-0.1, -0.05) is 0 Å². The van der Waals surface area contributed by atoms with Crippen LogP contribution in [-0.4, -0.2) is 40.4 Å². The van der Waals surface area contributed by atoms with Crippen LogP contribution in [0.1, 0.15) is 13.3 Å². The first kappa shape index (κ1) is 9.05. The number of nitrogens with one attached hydrogen (secondary N) is 1. The molecule has 0 aliphatic carbocycles. The molecule has 0 spiro atoms. The highest BCUT2D eigenvalue weighted by Gasteiger charge is 2.38. The zero-order valence-corrected chi connectivity index (χ0v) is 7.86. The Bertz CT molecular complexity index is 324. The highest BCUT2D eigenvalue weighted by molar-refractivity contribution is 5.92. The predicted octanol–water partition coefficient (Wildman–Crippen LogP) is -0.452. The van der Waals surface area contributed by atoms with Crippen molar-refractivity contribution in [1.82, 2.24) is 10.2 Å². The van der Waals surface area contributed by atoms with Gasteiger partial charge in [0.25, 0.3) is 5.91 Å². The molecule has 2 N–H and O–H groups in total. The fourth-order valence-electron chi connectivity index (χ4n) is 1.96. The monoisotopic (exact) mass is 196 g/mol. The summed E-state index contributed by atoms with van der Waals surface area (Å²) in [5.41, 5.74) is 0. The van der Waals surface area contributed by atoms with E-state index >= 15 is 0 Å². The van der Waals surface area contributed by atoms with E-state index in [4.69, 9.17) is 0 Å². The van der Waals surface area contributed by atoms with E-state index in [0.717, 1.165) is 0 Å². The molecule has 5 heteroatoms. The van der Waals surface area contributed by atoms with E-state index in [1.54, 1.807) is 0 Å². The van der Waals surface area contributed by atoms with Gasteiger partial charge >= 0.3 is 0 Å². The minimum atomic E-state index is -0.212. The van der Waals surface area contributed by atoms with Crippen molar-refractivity contribution in [2.75, 3.05) is 6.54 Å². The number of aliphatic hydroxyl groups excluding tert-OH is 1. The third kappa shape index (κ3) is 1.34. The SMILES string of the molecule is CC1NC(=O)CC1N1CC(O)=CC1=O. The molecule has 0 aromatic rings. The van der Waals surface area contributed by atoms with Gasteiger partial charge in [-0.2, -0.15) is 0 Å². The van der Waals surface area contributed by atoms with Gasteiger partial charge in [0, 0.05) is 18.5 Å². The van der Waals surface area contributed by atoms with Gasteiger partial charge in [-0.05, 0) is 6.92 Å². The Kier molecular flexibility index (Phi) is 1.94. The third-order valence-electron chi connectivity index (χ3n) is 2.67. The number of hydrogen-bond donors (Lipinski definition) is 2. The molecule has 76 valence electrons. The van der Waals surface area contributed by atoms with Gasteiger partial charge in [0.15, 0.2) is 0 Å². The van der Waals surface area contributed by atoms with Crippen LogP contribution in [0, 0.1) is 0 Å². The first-order chi connectivity index (χ1) is 6.58. The van der Waals surface area contributed by atoms with E-state index in [1.807, 2.05) is 6.92 Å². The molecule has 14 heavy (non-hydrogen) atoms. The van der Waals surface area contributed by atoms with Crippen molar-refractivity contribution in [3.05, 3.63) is 11.8 Å². The summed E-state index contributed by atoms with van der Waals surface area (Å²) in [4.78, 5) is 24.0. The number of amides is 2. The standard InChI is InChI=1S/C9H12N2O3/c1-5-7(3-8(13)10-5)11-4-6(12)2-9(11)14/h2,5,7,12H,3-4H2,1H3,(H,10,13). The average Bonchev–Trinajstić information content (AvgIpc) is 2.55. The van der Waals surface area contributed by atoms with E-state index in [-0.39, 0.29) is 36.2 Å². The number of aliphatic hydroxyl groups is 1. The summed E-state index contributed by atoms with van der Waals surface area (Å²) in [5, 5.41) is 11.9. The summed E-state index contributed by atoms with van der Waals surface area (Å²) in [6.45, 7) is 2.08. The fourth-order valence-corrected chi connectivity index (χ4v) is 1.96. The Hall–Kier alpha value is -1.52. The molecular weight excluding hydrogens is 184 g/mol. The summed E-state index contributed by atoms with van der Waals surface area (Å²) in [6, 6.07) is -0.165. The van der Waals surface area contributed by atoms with Crippen molar-refractivity contribution in [1.29, 1.82) is 0 Å². The Morgan fingerprint density at radius 3 is 2.71 bits per heavy atom. The zero-order chi connectivity index (χ0) is 10.3. The maximum atomic E-state index is 11.4. The van der Waals surface area contributed by atoms with Crippen LogP contribution in [0.4, 0.5) is 0 Å². The molecule has 0 radical (unpaired) electrons. The molecule has 2 aliphatic rings. The van der Waals surface area contributed by atoms with Gasteiger partial charge in [0.2, 0.25) is 5.91 Å². The molecule has 0 saturated carbocycles. The van der Waals surface area contributed by atoms with Crippen LogP contribution in [0.3, 0.4) is 0 Å². The second-order valence-corrected chi connectivity index (χ2v) is 3.73. The lowest BCUT2D eigenvalue weighted by Gasteiger charge is -2.25. The molecule has 2 amide bonds. The summed E-state index contributed by atoms with van der Waals surface area (Å²) in [6.07, 6.45) is 1.53. The van der Waals surface area contributed by atoms with Crippen molar-refractivity contribution < 1.29 is 14.7 Å². The number of carbonyl (C=O) groups is 2. The number of rotatable bonds is 1. The minimum absolute atomic E-state index is 0.0363. The summed E-state index contributed by atoms with van der Waals surface area (Å²) in [5.74, 6) is -0.181.